The molecule has 0 aliphatic carbocycles. The minimum Gasteiger partial charge on any atom is -0.372 e. The molecule has 0 saturated carbocycles. The lowest BCUT2D eigenvalue weighted by Crippen LogP contribution is -2.26. The number of hydrogen-bond acceptors (Lipinski definition) is 5. The van der Waals surface area contributed by atoms with E-state index in [0.29, 0.717) is 5.69 Å². The number of amides is 2. The zero-order valence-electron chi connectivity index (χ0n) is 12.5. The Morgan fingerprint density at radius 2 is 1.50 bits per heavy atom. The molecule has 6 nitrogen and oxygen atoms in total. The number of nitrogens with two attached hydrogens (primary N) is 1. The van der Waals surface area contributed by atoms with Gasteiger partial charge in [0.05, 0.1) is 5.69 Å². The lowest BCUT2D eigenvalue weighted by atomic mass is 10.3. The maximum absolute atomic E-state index is 12.3. The highest BCUT2D eigenvalue weighted by atomic mass is 32.2. The van der Waals surface area contributed by atoms with Crippen molar-refractivity contribution < 1.29 is 19.1 Å². The van der Waals surface area contributed by atoms with Crippen molar-refractivity contribution in [3.8, 4) is 0 Å². The highest BCUT2D eigenvalue weighted by molar-refractivity contribution is 8.01. The summed E-state index contributed by atoms with van der Waals surface area (Å²) in [6.07, 6.45) is 0.748. The van der Waals surface area contributed by atoms with Gasteiger partial charge in [-0.05, 0) is 36.2 Å². The number of ether oxygens (including phenoxy) is 1. The van der Waals surface area contributed by atoms with Gasteiger partial charge >= 0.3 is 12.1 Å². The van der Waals surface area contributed by atoms with Crippen LogP contribution in [0.25, 0.3) is 0 Å². The number of benzene rings is 2. The topological polar surface area (TPSA) is 89.7 Å². The number of para-hydroxylation sites is 1. The molecule has 2 rings (SSSR count). The molecule has 0 spiro atoms. The van der Waals surface area contributed by atoms with Crippen molar-refractivity contribution in [3.63, 3.8) is 0 Å². The van der Waals surface area contributed by atoms with Crippen molar-refractivity contribution in [1.82, 2.24) is 0 Å². The third-order valence-corrected chi connectivity index (χ3v) is 3.69. The molecule has 0 heterocycles. The molecule has 0 fully saturated rings. The largest absolute Gasteiger partial charge is 0.432 e. The van der Waals surface area contributed by atoms with Crippen molar-refractivity contribution in [2.24, 2.45) is 5.73 Å². The van der Waals surface area contributed by atoms with Gasteiger partial charge in [-0.25, -0.2) is 13.9 Å². The Balaban J connectivity index is 2.17. The molecule has 0 unspecified atom stereocenters. The van der Waals surface area contributed by atoms with Crippen LogP contribution >= 0.6 is 11.9 Å². The van der Waals surface area contributed by atoms with Gasteiger partial charge < -0.3 is 10.5 Å². The van der Waals surface area contributed by atoms with E-state index in [4.69, 9.17) is 10.5 Å². The summed E-state index contributed by atoms with van der Waals surface area (Å²) in [4.78, 5) is 35.3. The van der Waals surface area contributed by atoms with E-state index in [-0.39, 0.29) is 0 Å². The Bertz CT molecular complexity index is 748. The van der Waals surface area contributed by atoms with Gasteiger partial charge in [0.25, 0.3) is 0 Å². The first-order valence-corrected chi connectivity index (χ1v) is 7.65. The van der Waals surface area contributed by atoms with Crippen LogP contribution in [0.4, 0.5) is 10.5 Å². The number of nitrogens with zero attached hydrogens (tertiary/aromatic N) is 1. The molecule has 2 N–H and O–H groups in total. The fraction of sp³-hybridized carbons (Fsp3) is 0. The number of rotatable bonds is 5. The highest BCUT2D eigenvalue weighted by Crippen LogP contribution is 2.29. The predicted molar refractivity (Wildman–Crippen MR) is 91.0 cm³/mol. The average molecular weight is 342 g/mol. The van der Waals surface area contributed by atoms with E-state index < -0.39 is 18.0 Å². The molecule has 0 atom stereocenters. The second-order valence-corrected chi connectivity index (χ2v) is 5.48. The monoisotopic (exact) mass is 342 g/mol. The fourth-order valence-corrected chi connectivity index (χ4v) is 2.49. The zero-order chi connectivity index (χ0) is 17.4. The van der Waals surface area contributed by atoms with Gasteiger partial charge in [0.15, 0.2) is 0 Å². The lowest BCUT2D eigenvalue weighted by molar-refractivity contribution is -0.131. The molecule has 0 bridgehead atoms. The SMILES string of the molecule is NC(=O)/C=C\C(=O)OC(=O)N(Sc1ccccc1)c1ccccc1. The van der Waals surface area contributed by atoms with Gasteiger partial charge in [-0.2, -0.15) is 0 Å². The van der Waals surface area contributed by atoms with Crippen LogP contribution < -0.4 is 10.0 Å². The van der Waals surface area contributed by atoms with E-state index in [9.17, 15) is 14.4 Å². The predicted octanol–water partition coefficient (Wildman–Crippen LogP) is 2.91. The first-order valence-electron chi connectivity index (χ1n) is 6.88. The number of primary amides is 1. The summed E-state index contributed by atoms with van der Waals surface area (Å²) in [7, 11) is 0. The van der Waals surface area contributed by atoms with Gasteiger partial charge in [0.2, 0.25) is 5.91 Å². The minimum absolute atomic E-state index is 0.544. The molecular formula is C17H14N2O4S. The Hall–Kier alpha value is -3.06. The zero-order valence-corrected chi connectivity index (χ0v) is 13.3. The van der Waals surface area contributed by atoms with Crippen LogP contribution in [-0.4, -0.2) is 18.0 Å². The average Bonchev–Trinajstić information content (AvgIpc) is 2.59. The smallest absolute Gasteiger partial charge is 0.372 e. The molecule has 0 aromatic heterocycles. The first kappa shape index (κ1) is 17.3. The van der Waals surface area contributed by atoms with Gasteiger partial charge in [-0.3, -0.25) is 4.79 Å². The van der Waals surface area contributed by atoms with E-state index >= 15 is 0 Å². The number of hydrogen-bond donors (Lipinski definition) is 1. The van der Waals surface area contributed by atoms with E-state index in [1.54, 1.807) is 30.3 Å². The van der Waals surface area contributed by atoms with Crippen LogP contribution in [0.1, 0.15) is 0 Å². The molecule has 0 aliphatic heterocycles. The van der Waals surface area contributed by atoms with Crippen LogP contribution in [0.3, 0.4) is 0 Å². The normalized spacial score (nSPS) is 10.3. The maximum atomic E-state index is 12.3. The van der Waals surface area contributed by atoms with Crippen molar-refractivity contribution >= 4 is 35.6 Å². The summed E-state index contributed by atoms with van der Waals surface area (Å²) in [5.41, 5.74) is 5.44. The molecule has 24 heavy (non-hydrogen) atoms. The summed E-state index contributed by atoms with van der Waals surface area (Å²) in [5.74, 6) is -1.79. The van der Waals surface area contributed by atoms with Crippen LogP contribution in [0.2, 0.25) is 0 Å². The number of carbonyl (C=O) groups is 3. The van der Waals surface area contributed by atoms with Gasteiger partial charge in [0.1, 0.15) is 0 Å². The quantitative estimate of drug-likeness (QED) is 0.390. The molecule has 2 aromatic rings. The molecule has 0 aliphatic rings. The van der Waals surface area contributed by atoms with Gasteiger partial charge in [-0.1, -0.05) is 36.4 Å². The summed E-state index contributed by atoms with van der Waals surface area (Å²) in [5, 5.41) is 0. The maximum Gasteiger partial charge on any atom is 0.432 e. The number of esters is 1. The van der Waals surface area contributed by atoms with Crippen molar-refractivity contribution in [1.29, 1.82) is 0 Å². The van der Waals surface area contributed by atoms with E-state index in [1.165, 1.54) is 4.31 Å². The Labute approximate surface area is 143 Å². The van der Waals surface area contributed by atoms with Crippen molar-refractivity contribution in [2.75, 3.05) is 4.31 Å². The molecule has 0 radical (unpaired) electrons. The highest BCUT2D eigenvalue weighted by Gasteiger charge is 2.21. The summed E-state index contributed by atoms with van der Waals surface area (Å²) in [6.45, 7) is 0. The molecule has 7 heteroatoms. The third kappa shape index (κ3) is 5.29. The standard InChI is InChI=1S/C17H14N2O4S/c18-15(20)11-12-16(21)23-17(22)19(13-7-3-1-4-8-13)24-14-9-5-2-6-10-14/h1-12H,(H2,18,20)/b12-11-. The third-order valence-electron chi connectivity index (χ3n) is 2.67. The minimum atomic E-state index is -0.978. The molecular weight excluding hydrogens is 328 g/mol. The Morgan fingerprint density at radius 1 is 0.917 bits per heavy atom. The van der Waals surface area contributed by atoms with Crippen LogP contribution in [-0.2, 0) is 14.3 Å². The van der Waals surface area contributed by atoms with Crippen LogP contribution in [0.5, 0.6) is 0 Å². The van der Waals surface area contributed by atoms with Gasteiger partial charge in [0, 0.05) is 17.0 Å². The van der Waals surface area contributed by atoms with E-state index in [1.807, 2.05) is 30.3 Å². The second-order valence-electron chi connectivity index (χ2n) is 4.46. The second kappa shape index (κ2) is 8.54. The van der Waals surface area contributed by atoms with Crippen molar-refractivity contribution in [3.05, 3.63) is 72.8 Å². The summed E-state index contributed by atoms with van der Waals surface area (Å²) >= 11 is 1.11. The Morgan fingerprint density at radius 3 is 2.08 bits per heavy atom. The Kier molecular flexibility index (Phi) is 6.16. The van der Waals surface area contributed by atoms with E-state index in [0.717, 1.165) is 29.0 Å². The van der Waals surface area contributed by atoms with Gasteiger partial charge in [-0.15, -0.1) is 0 Å². The molecule has 122 valence electrons. The summed E-state index contributed by atoms with van der Waals surface area (Å²) < 4.78 is 5.96. The number of anilines is 1. The lowest BCUT2D eigenvalue weighted by Gasteiger charge is -2.19. The fourth-order valence-electron chi connectivity index (χ4n) is 1.66. The van der Waals surface area contributed by atoms with E-state index in [2.05, 4.69) is 0 Å². The van der Waals surface area contributed by atoms with Crippen molar-refractivity contribution in [2.45, 2.75) is 4.90 Å². The molecule has 2 aromatic carbocycles. The number of carbonyl (C=O) groups excluding carboxylic acids is 3. The van der Waals surface area contributed by atoms with Crippen LogP contribution in [0, 0.1) is 0 Å². The first-order chi connectivity index (χ1) is 11.6. The molecule has 0 saturated heterocycles. The van der Waals surface area contributed by atoms with Crippen LogP contribution in [0.15, 0.2) is 77.7 Å². The summed E-state index contributed by atoms with van der Waals surface area (Å²) in [6, 6.07) is 17.9. The molecule has 2 amide bonds.